The van der Waals surface area contributed by atoms with E-state index >= 15 is 0 Å². The molecule has 1 fully saturated rings. The predicted octanol–water partition coefficient (Wildman–Crippen LogP) is 3.46. The third-order valence-electron chi connectivity index (χ3n) is 5.80. The SMILES string of the molecule is CCOCCC1(Oc2ccc(Oc3ccc(C(=O)NCc4cccc(F)c4)cc3)cc2)C(=O)NC(=O)NC1=O. The Labute approximate surface area is 223 Å². The van der Waals surface area contributed by atoms with Crippen LogP contribution in [-0.2, 0) is 20.9 Å². The molecule has 39 heavy (non-hydrogen) atoms. The quantitative estimate of drug-likeness (QED) is 0.253. The van der Waals surface area contributed by atoms with Gasteiger partial charge in [0, 0.05) is 25.1 Å². The normalized spacial score (nSPS) is 14.3. The molecule has 1 saturated heterocycles. The average Bonchev–Trinajstić information content (AvgIpc) is 2.92. The zero-order valence-corrected chi connectivity index (χ0v) is 21.0. The van der Waals surface area contributed by atoms with E-state index in [4.69, 9.17) is 14.2 Å². The second-order valence-electron chi connectivity index (χ2n) is 8.52. The van der Waals surface area contributed by atoms with Crippen molar-refractivity contribution in [2.24, 2.45) is 0 Å². The highest BCUT2D eigenvalue weighted by molar-refractivity contribution is 6.21. The molecule has 0 aliphatic carbocycles. The van der Waals surface area contributed by atoms with Gasteiger partial charge in [0.05, 0.1) is 6.61 Å². The van der Waals surface area contributed by atoms with E-state index in [2.05, 4.69) is 16.0 Å². The van der Waals surface area contributed by atoms with Gasteiger partial charge in [0.15, 0.2) is 0 Å². The monoisotopic (exact) mass is 535 g/mol. The van der Waals surface area contributed by atoms with Crippen molar-refractivity contribution in [3.63, 3.8) is 0 Å². The third-order valence-corrected chi connectivity index (χ3v) is 5.80. The molecule has 1 aliphatic heterocycles. The number of amides is 5. The van der Waals surface area contributed by atoms with Crippen molar-refractivity contribution in [1.29, 1.82) is 0 Å². The minimum Gasteiger partial charge on any atom is -0.467 e. The van der Waals surface area contributed by atoms with Gasteiger partial charge in [-0.25, -0.2) is 9.18 Å². The summed E-state index contributed by atoms with van der Waals surface area (Å²) in [6, 6.07) is 17.7. The van der Waals surface area contributed by atoms with Crippen molar-refractivity contribution < 1.29 is 37.8 Å². The van der Waals surface area contributed by atoms with Crippen LogP contribution >= 0.6 is 0 Å². The Morgan fingerprint density at radius 3 is 2.13 bits per heavy atom. The highest BCUT2D eigenvalue weighted by Gasteiger charge is 2.52. The van der Waals surface area contributed by atoms with E-state index in [1.165, 1.54) is 24.3 Å². The number of carbonyl (C=O) groups is 4. The van der Waals surface area contributed by atoms with Crippen molar-refractivity contribution >= 4 is 23.8 Å². The number of benzene rings is 3. The van der Waals surface area contributed by atoms with Gasteiger partial charge in [-0.2, -0.15) is 0 Å². The number of ether oxygens (including phenoxy) is 3. The molecule has 0 bridgehead atoms. The number of halogens is 1. The van der Waals surface area contributed by atoms with E-state index in [9.17, 15) is 23.6 Å². The van der Waals surface area contributed by atoms with E-state index < -0.39 is 23.4 Å². The van der Waals surface area contributed by atoms with Gasteiger partial charge in [0.2, 0.25) is 0 Å². The van der Waals surface area contributed by atoms with Gasteiger partial charge in [-0.1, -0.05) is 12.1 Å². The Kier molecular flexibility index (Phi) is 8.52. The first kappa shape index (κ1) is 27.3. The summed E-state index contributed by atoms with van der Waals surface area (Å²) in [4.78, 5) is 49.1. The maximum atomic E-state index is 13.3. The van der Waals surface area contributed by atoms with Gasteiger partial charge in [-0.3, -0.25) is 25.0 Å². The van der Waals surface area contributed by atoms with Crippen molar-refractivity contribution in [1.82, 2.24) is 16.0 Å². The number of barbiturate groups is 1. The van der Waals surface area contributed by atoms with Gasteiger partial charge in [0.1, 0.15) is 23.1 Å². The number of rotatable bonds is 11. The molecule has 11 heteroatoms. The van der Waals surface area contributed by atoms with Crippen molar-refractivity contribution in [2.45, 2.75) is 25.5 Å². The Bertz CT molecular complexity index is 1340. The zero-order chi connectivity index (χ0) is 27.8. The van der Waals surface area contributed by atoms with Crippen molar-refractivity contribution in [2.75, 3.05) is 13.2 Å². The molecule has 0 atom stereocenters. The van der Waals surface area contributed by atoms with Crippen LogP contribution in [0.2, 0.25) is 0 Å². The molecule has 0 radical (unpaired) electrons. The molecule has 0 unspecified atom stereocenters. The number of urea groups is 1. The molecule has 1 aliphatic rings. The van der Waals surface area contributed by atoms with Gasteiger partial charge in [0.25, 0.3) is 23.3 Å². The summed E-state index contributed by atoms with van der Waals surface area (Å²) in [5, 5.41) is 6.86. The maximum absolute atomic E-state index is 13.3. The minimum absolute atomic E-state index is 0.0611. The summed E-state index contributed by atoms with van der Waals surface area (Å²) in [5.41, 5.74) is -0.923. The topological polar surface area (TPSA) is 132 Å². The minimum atomic E-state index is -1.98. The van der Waals surface area contributed by atoms with Gasteiger partial charge >= 0.3 is 6.03 Å². The maximum Gasteiger partial charge on any atom is 0.328 e. The van der Waals surface area contributed by atoms with E-state index in [0.717, 1.165) is 0 Å². The second-order valence-corrected chi connectivity index (χ2v) is 8.52. The van der Waals surface area contributed by atoms with Crippen LogP contribution in [0.25, 0.3) is 0 Å². The lowest BCUT2D eigenvalue weighted by molar-refractivity contribution is -0.153. The molecule has 0 spiro atoms. The lowest BCUT2D eigenvalue weighted by Gasteiger charge is -2.34. The summed E-state index contributed by atoms with van der Waals surface area (Å²) < 4.78 is 30.2. The Balaban J connectivity index is 1.37. The molecule has 5 amide bonds. The van der Waals surface area contributed by atoms with Crippen LogP contribution in [0.1, 0.15) is 29.3 Å². The first-order valence-corrected chi connectivity index (χ1v) is 12.1. The van der Waals surface area contributed by atoms with Gasteiger partial charge < -0.3 is 19.5 Å². The van der Waals surface area contributed by atoms with E-state index in [1.54, 1.807) is 55.5 Å². The van der Waals surface area contributed by atoms with Crippen LogP contribution in [-0.4, -0.2) is 42.6 Å². The number of carbonyl (C=O) groups excluding carboxylic acids is 4. The van der Waals surface area contributed by atoms with Crippen LogP contribution in [0.4, 0.5) is 9.18 Å². The standard InChI is InChI=1S/C28H26FN3O7/c1-2-37-15-14-28(25(34)31-27(36)32-26(28)35)39-23-12-10-22(11-13-23)38-21-8-6-19(7-9-21)24(33)30-17-18-4-3-5-20(29)16-18/h3-13,16H,2,14-15,17H2,1H3,(H,30,33)(H2,31,32,34,35,36). The molecular weight excluding hydrogens is 509 g/mol. The largest absolute Gasteiger partial charge is 0.467 e. The fourth-order valence-corrected chi connectivity index (χ4v) is 3.79. The Hall–Kier alpha value is -4.77. The number of imide groups is 2. The number of hydrogen-bond donors (Lipinski definition) is 3. The van der Waals surface area contributed by atoms with Crippen LogP contribution in [0.3, 0.4) is 0 Å². The molecule has 1 heterocycles. The summed E-state index contributed by atoms with van der Waals surface area (Å²) in [6.45, 7) is 2.40. The van der Waals surface area contributed by atoms with Gasteiger partial charge in [-0.05, 0) is 73.2 Å². The van der Waals surface area contributed by atoms with E-state index in [-0.39, 0.29) is 37.0 Å². The second kappa shape index (κ2) is 12.2. The molecule has 0 saturated carbocycles. The van der Waals surface area contributed by atoms with E-state index in [0.29, 0.717) is 29.2 Å². The number of nitrogens with one attached hydrogen (secondary N) is 3. The predicted molar refractivity (Wildman–Crippen MR) is 137 cm³/mol. The first-order chi connectivity index (χ1) is 18.8. The van der Waals surface area contributed by atoms with Crippen LogP contribution in [0.5, 0.6) is 17.2 Å². The molecule has 0 aromatic heterocycles. The number of hydrogen-bond acceptors (Lipinski definition) is 7. The third kappa shape index (κ3) is 6.76. The summed E-state index contributed by atoms with van der Waals surface area (Å²) >= 11 is 0. The molecule has 10 nitrogen and oxygen atoms in total. The van der Waals surface area contributed by atoms with E-state index in [1.807, 2.05) is 0 Å². The first-order valence-electron chi connectivity index (χ1n) is 12.1. The molecular formula is C28H26FN3O7. The Morgan fingerprint density at radius 2 is 1.51 bits per heavy atom. The van der Waals surface area contributed by atoms with Crippen molar-refractivity contribution in [3.05, 3.63) is 89.7 Å². The molecule has 202 valence electrons. The fourth-order valence-electron chi connectivity index (χ4n) is 3.79. The zero-order valence-electron chi connectivity index (χ0n) is 21.0. The Morgan fingerprint density at radius 1 is 0.897 bits per heavy atom. The highest BCUT2D eigenvalue weighted by atomic mass is 19.1. The van der Waals surface area contributed by atoms with Crippen LogP contribution in [0, 0.1) is 5.82 Å². The fraction of sp³-hybridized carbons (Fsp3) is 0.214. The highest BCUT2D eigenvalue weighted by Crippen LogP contribution is 2.28. The molecule has 3 N–H and O–H groups in total. The lowest BCUT2D eigenvalue weighted by Crippen LogP contribution is -2.69. The summed E-state index contributed by atoms with van der Waals surface area (Å²) in [7, 11) is 0. The van der Waals surface area contributed by atoms with Gasteiger partial charge in [-0.15, -0.1) is 0 Å². The summed E-state index contributed by atoms with van der Waals surface area (Å²) in [5.74, 6) is -1.35. The summed E-state index contributed by atoms with van der Waals surface area (Å²) in [6.07, 6.45) is -0.105. The van der Waals surface area contributed by atoms with Crippen LogP contribution in [0.15, 0.2) is 72.8 Å². The van der Waals surface area contributed by atoms with Crippen LogP contribution < -0.4 is 25.4 Å². The van der Waals surface area contributed by atoms with Crippen molar-refractivity contribution in [3.8, 4) is 17.2 Å². The molecule has 3 aromatic carbocycles. The lowest BCUT2D eigenvalue weighted by atomic mass is 9.95. The average molecular weight is 536 g/mol. The molecule has 3 aromatic rings. The smallest absolute Gasteiger partial charge is 0.328 e. The molecule has 4 rings (SSSR count).